The van der Waals surface area contributed by atoms with Crippen LogP contribution in [0.3, 0.4) is 0 Å². The Morgan fingerprint density at radius 1 is 1.18 bits per heavy atom. The van der Waals surface area contributed by atoms with E-state index in [0.29, 0.717) is 6.04 Å². The molecule has 1 aliphatic rings. The molecule has 7 heteroatoms. The van der Waals surface area contributed by atoms with Crippen LogP contribution in [-0.4, -0.2) is 25.2 Å². The smallest absolute Gasteiger partial charge is 0.209 e. The van der Waals surface area contributed by atoms with Gasteiger partial charge in [0, 0.05) is 0 Å². The molecule has 0 atom stereocenters. The van der Waals surface area contributed by atoms with Crippen molar-refractivity contribution in [2.75, 3.05) is 0 Å². The second-order valence-corrected chi connectivity index (χ2v) is 7.62. The number of hydrogen-bond donors (Lipinski definition) is 0. The third-order valence-corrected chi connectivity index (χ3v) is 6.21. The summed E-state index contributed by atoms with van der Waals surface area (Å²) < 4.78 is 3.27. The van der Waals surface area contributed by atoms with E-state index in [1.807, 2.05) is 10.7 Å². The third kappa shape index (κ3) is 2.87. The van der Waals surface area contributed by atoms with Crippen LogP contribution in [0.25, 0.3) is 10.2 Å². The number of rotatable bonds is 4. The molecule has 3 aromatic rings. The van der Waals surface area contributed by atoms with E-state index in [1.165, 1.54) is 36.8 Å². The first-order valence-electron chi connectivity index (χ1n) is 7.65. The normalized spacial score (nSPS) is 16.4. The van der Waals surface area contributed by atoms with Crippen molar-refractivity contribution in [3.8, 4) is 0 Å². The fourth-order valence-corrected chi connectivity index (χ4v) is 4.85. The molecule has 0 N–H and O–H groups in total. The first-order valence-corrected chi connectivity index (χ1v) is 9.45. The van der Waals surface area contributed by atoms with Gasteiger partial charge in [0.05, 0.1) is 22.0 Å². The van der Waals surface area contributed by atoms with Crippen LogP contribution in [0.2, 0.25) is 0 Å². The molecule has 0 saturated heterocycles. The van der Waals surface area contributed by atoms with Crippen molar-refractivity contribution in [3.63, 3.8) is 0 Å². The first kappa shape index (κ1) is 14.1. The molecule has 2 heterocycles. The highest BCUT2D eigenvalue weighted by molar-refractivity contribution is 7.98. The van der Waals surface area contributed by atoms with E-state index >= 15 is 0 Å². The second-order valence-electron chi connectivity index (χ2n) is 5.56. The minimum atomic E-state index is 0.474. The van der Waals surface area contributed by atoms with Crippen molar-refractivity contribution in [1.29, 1.82) is 0 Å². The van der Waals surface area contributed by atoms with E-state index in [2.05, 4.69) is 38.7 Å². The number of tetrazole rings is 1. The van der Waals surface area contributed by atoms with Crippen LogP contribution >= 0.6 is 23.1 Å². The van der Waals surface area contributed by atoms with Gasteiger partial charge >= 0.3 is 0 Å². The summed E-state index contributed by atoms with van der Waals surface area (Å²) >= 11 is 3.44. The van der Waals surface area contributed by atoms with Gasteiger partial charge < -0.3 is 0 Å². The Kier molecular flexibility index (Phi) is 4.07. The summed E-state index contributed by atoms with van der Waals surface area (Å²) in [6, 6.07) is 8.74. The first-order chi connectivity index (χ1) is 10.9. The number of hydrogen-bond acceptors (Lipinski definition) is 6. The summed E-state index contributed by atoms with van der Waals surface area (Å²) in [4.78, 5) is 4.67. The van der Waals surface area contributed by atoms with Gasteiger partial charge in [0.25, 0.3) is 0 Å². The molecule has 2 aromatic heterocycles. The lowest BCUT2D eigenvalue weighted by Crippen LogP contribution is -2.15. The van der Waals surface area contributed by atoms with Gasteiger partial charge in [-0.3, -0.25) is 0 Å². The number of fused-ring (bicyclic) bond motifs is 1. The highest BCUT2D eigenvalue weighted by atomic mass is 32.2. The minimum absolute atomic E-state index is 0.474. The summed E-state index contributed by atoms with van der Waals surface area (Å²) in [6.45, 7) is 0. The Morgan fingerprint density at radius 3 is 2.91 bits per heavy atom. The van der Waals surface area contributed by atoms with Crippen molar-refractivity contribution in [2.45, 2.75) is 49.1 Å². The van der Waals surface area contributed by atoms with Gasteiger partial charge in [-0.05, 0) is 35.4 Å². The van der Waals surface area contributed by atoms with Crippen LogP contribution in [-0.2, 0) is 5.75 Å². The standard InChI is InChI=1S/C15H17N5S2/c1-2-6-11(7-3-1)20-15(17-18-19-20)21-10-14-16-12-8-4-5-9-13(12)22-14/h4-5,8-9,11H,1-3,6-7,10H2. The van der Waals surface area contributed by atoms with Gasteiger partial charge in [-0.15, -0.1) is 16.4 Å². The van der Waals surface area contributed by atoms with E-state index in [-0.39, 0.29) is 0 Å². The van der Waals surface area contributed by atoms with Gasteiger partial charge in [0.1, 0.15) is 5.01 Å². The number of para-hydroxylation sites is 1. The molecule has 0 spiro atoms. The predicted molar refractivity (Wildman–Crippen MR) is 89.1 cm³/mol. The van der Waals surface area contributed by atoms with E-state index in [4.69, 9.17) is 0 Å². The lowest BCUT2D eigenvalue weighted by molar-refractivity contribution is 0.307. The zero-order valence-electron chi connectivity index (χ0n) is 12.2. The zero-order valence-corrected chi connectivity index (χ0v) is 13.8. The molecule has 1 aliphatic carbocycles. The van der Waals surface area contributed by atoms with E-state index < -0.39 is 0 Å². The number of thiazole rings is 1. The van der Waals surface area contributed by atoms with Crippen molar-refractivity contribution >= 4 is 33.3 Å². The zero-order chi connectivity index (χ0) is 14.8. The van der Waals surface area contributed by atoms with Crippen LogP contribution in [0.15, 0.2) is 29.4 Å². The lowest BCUT2D eigenvalue weighted by Gasteiger charge is -2.21. The maximum atomic E-state index is 4.67. The summed E-state index contributed by atoms with van der Waals surface area (Å²) in [5.74, 6) is 0.826. The largest absolute Gasteiger partial charge is 0.240 e. The summed E-state index contributed by atoms with van der Waals surface area (Å²) in [7, 11) is 0. The van der Waals surface area contributed by atoms with Gasteiger partial charge in [-0.25, -0.2) is 9.67 Å². The van der Waals surface area contributed by atoms with Crippen LogP contribution in [0.1, 0.15) is 43.2 Å². The van der Waals surface area contributed by atoms with Crippen molar-refractivity contribution in [1.82, 2.24) is 25.2 Å². The van der Waals surface area contributed by atoms with Gasteiger partial charge in [0.15, 0.2) is 0 Å². The third-order valence-electron chi connectivity index (χ3n) is 4.05. The molecule has 0 amide bonds. The topological polar surface area (TPSA) is 56.5 Å². The number of nitrogens with zero attached hydrogens (tertiary/aromatic N) is 5. The van der Waals surface area contributed by atoms with Crippen molar-refractivity contribution in [2.24, 2.45) is 0 Å². The molecule has 1 fully saturated rings. The average molecular weight is 331 g/mol. The molecule has 22 heavy (non-hydrogen) atoms. The van der Waals surface area contributed by atoms with Crippen LogP contribution < -0.4 is 0 Å². The summed E-state index contributed by atoms with van der Waals surface area (Å²) in [5.41, 5.74) is 1.08. The second kappa shape index (κ2) is 6.34. The SMILES string of the molecule is c1ccc2sc(CSc3nnnn3C3CCCCC3)nc2c1. The monoisotopic (exact) mass is 331 g/mol. The Balaban J connectivity index is 1.48. The fraction of sp³-hybridized carbons (Fsp3) is 0.467. The van der Waals surface area contributed by atoms with Crippen LogP contribution in [0.4, 0.5) is 0 Å². The fourth-order valence-electron chi connectivity index (χ4n) is 2.94. The highest BCUT2D eigenvalue weighted by Crippen LogP contribution is 2.32. The molecule has 4 rings (SSSR count). The molecule has 0 radical (unpaired) electrons. The molecule has 5 nitrogen and oxygen atoms in total. The molecule has 114 valence electrons. The van der Waals surface area contributed by atoms with Gasteiger partial charge in [0.2, 0.25) is 5.16 Å². The van der Waals surface area contributed by atoms with Crippen LogP contribution in [0.5, 0.6) is 0 Å². The minimum Gasteiger partial charge on any atom is -0.240 e. The summed E-state index contributed by atoms with van der Waals surface area (Å²) in [6.07, 6.45) is 6.30. The number of thioether (sulfide) groups is 1. The van der Waals surface area contributed by atoms with Gasteiger partial charge in [-0.2, -0.15) is 0 Å². The van der Waals surface area contributed by atoms with Crippen molar-refractivity contribution < 1.29 is 0 Å². The van der Waals surface area contributed by atoms with E-state index in [9.17, 15) is 0 Å². The van der Waals surface area contributed by atoms with E-state index in [1.54, 1.807) is 23.1 Å². The quantitative estimate of drug-likeness (QED) is 0.674. The molecular formula is C15H17N5S2. The Morgan fingerprint density at radius 2 is 2.05 bits per heavy atom. The summed E-state index contributed by atoms with van der Waals surface area (Å²) in [5, 5.41) is 14.3. The molecule has 0 bridgehead atoms. The lowest BCUT2D eigenvalue weighted by atomic mass is 9.96. The Labute approximate surface area is 137 Å². The molecule has 1 saturated carbocycles. The molecule has 0 unspecified atom stereocenters. The maximum absolute atomic E-state index is 4.67. The predicted octanol–water partition coefficient (Wildman–Crippen LogP) is 4.08. The molecule has 0 aliphatic heterocycles. The average Bonchev–Trinajstić information content (AvgIpc) is 3.20. The Bertz CT molecular complexity index is 727. The molecular weight excluding hydrogens is 314 g/mol. The highest BCUT2D eigenvalue weighted by Gasteiger charge is 2.20. The Hall–Kier alpha value is -1.47. The van der Waals surface area contributed by atoms with Gasteiger partial charge in [-0.1, -0.05) is 43.2 Å². The van der Waals surface area contributed by atoms with Crippen molar-refractivity contribution in [3.05, 3.63) is 29.3 Å². The van der Waals surface area contributed by atoms with E-state index in [0.717, 1.165) is 21.4 Å². The molecule has 1 aromatic carbocycles. The number of benzene rings is 1. The maximum Gasteiger partial charge on any atom is 0.209 e. The number of aromatic nitrogens is 5. The van der Waals surface area contributed by atoms with Crippen LogP contribution in [0, 0.1) is 0 Å².